The summed E-state index contributed by atoms with van der Waals surface area (Å²) in [7, 11) is 0. The minimum atomic E-state index is -0.407. The van der Waals surface area contributed by atoms with Gasteiger partial charge in [-0.25, -0.2) is 0 Å². The number of hydrogen-bond donors (Lipinski definition) is 0. The molecular formula is C18H25ClO4. The summed E-state index contributed by atoms with van der Waals surface area (Å²) in [5, 5.41) is 0.635. The zero-order valence-electron chi connectivity index (χ0n) is 13.8. The van der Waals surface area contributed by atoms with Crippen molar-refractivity contribution in [2.24, 2.45) is 0 Å². The van der Waals surface area contributed by atoms with Crippen LogP contribution in [0.15, 0.2) is 24.3 Å². The predicted octanol–water partition coefficient (Wildman–Crippen LogP) is 4.68. The molecule has 0 bridgehead atoms. The Morgan fingerprint density at radius 3 is 2.39 bits per heavy atom. The first-order valence-corrected chi connectivity index (χ1v) is 8.48. The van der Waals surface area contributed by atoms with Crippen molar-refractivity contribution in [3.05, 3.63) is 34.9 Å². The van der Waals surface area contributed by atoms with Crippen molar-refractivity contribution in [3.8, 4) is 0 Å². The number of hydrogen-bond acceptors (Lipinski definition) is 4. The molecular weight excluding hydrogens is 316 g/mol. The molecule has 0 radical (unpaired) electrons. The van der Waals surface area contributed by atoms with Crippen molar-refractivity contribution in [2.45, 2.75) is 65.1 Å². The van der Waals surface area contributed by atoms with E-state index in [0.717, 1.165) is 31.2 Å². The van der Waals surface area contributed by atoms with E-state index in [1.807, 2.05) is 6.92 Å². The SMILES string of the molecule is CCCCCC(C)OC(=O)CCC(=O)OCc1ccc(Cl)cc1. The van der Waals surface area contributed by atoms with Crippen LogP contribution in [0.25, 0.3) is 0 Å². The maximum Gasteiger partial charge on any atom is 0.306 e. The molecule has 0 saturated carbocycles. The Balaban J connectivity index is 2.17. The number of esters is 2. The zero-order valence-corrected chi connectivity index (χ0v) is 14.6. The highest BCUT2D eigenvalue weighted by Crippen LogP contribution is 2.11. The van der Waals surface area contributed by atoms with Gasteiger partial charge in [0.25, 0.3) is 0 Å². The van der Waals surface area contributed by atoms with E-state index in [0.29, 0.717) is 5.02 Å². The first-order chi connectivity index (χ1) is 11.0. The molecule has 0 aromatic heterocycles. The Morgan fingerprint density at radius 1 is 1.09 bits per heavy atom. The number of unbranched alkanes of at least 4 members (excludes halogenated alkanes) is 2. The van der Waals surface area contributed by atoms with Crippen LogP contribution in [0.5, 0.6) is 0 Å². The largest absolute Gasteiger partial charge is 0.463 e. The van der Waals surface area contributed by atoms with Gasteiger partial charge in [-0.05, 0) is 37.5 Å². The number of ether oxygens (including phenoxy) is 2. The fourth-order valence-corrected chi connectivity index (χ4v) is 2.17. The standard InChI is InChI=1S/C18H25ClO4/c1-3-4-5-6-14(2)23-18(21)12-11-17(20)22-13-15-7-9-16(19)10-8-15/h7-10,14H,3-6,11-13H2,1-2H3. The summed E-state index contributed by atoms with van der Waals surface area (Å²) in [6.07, 6.45) is 4.18. The Hall–Kier alpha value is -1.55. The molecule has 0 aliphatic heterocycles. The topological polar surface area (TPSA) is 52.6 Å². The minimum Gasteiger partial charge on any atom is -0.463 e. The second-order valence-electron chi connectivity index (χ2n) is 5.58. The maximum atomic E-state index is 11.7. The summed E-state index contributed by atoms with van der Waals surface area (Å²) >= 11 is 5.78. The molecule has 1 atom stereocenters. The van der Waals surface area contributed by atoms with Crippen molar-refractivity contribution >= 4 is 23.5 Å². The van der Waals surface area contributed by atoms with Crippen LogP contribution in [0.1, 0.15) is 57.9 Å². The van der Waals surface area contributed by atoms with E-state index in [4.69, 9.17) is 21.1 Å². The van der Waals surface area contributed by atoms with Gasteiger partial charge < -0.3 is 9.47 Å². The van der Waals surface area contributed by atoms with E-state index < -0.39 is 5.97 Å². The molecule has 0 spiro atoms. The number of carbonyl (C=O) groups is 2. The summed E-state index contributed by atoms with van der Waals surface area (Å²) in [4.78, 5) is 23.3. The number of halogens is 1. The number of benzene rings is 1. The summed E-state index contributed by atoms with van der Waals surface area (Å²) in [5.41, 5.74) is 0.856. The monoisotopic (exact) mass is 340 g/mol. The quantitative estimate of drug-likeness (QED) is 0.458. The molecule has 0 fully saturated rings. The summed E-state index contributed by atoms with van der Waals surface area (Å²) in [5.74, 6) is -0.757. The molecule has 1 unspecified atom stereocenters. The van der Waals surface area contributed by atoms with Gasteiger partial charge in [-0.2, -0.15) is 0 Å². The van der Waals surface area contributed by atoms with Crippen LogP contribution >= 0.6 is 11.6 Å². The molecule has 4 nitrogen and oxygen atoms in total. The van der Waals surface area contributed by atoms with Crippen LogP contribution in [0, 0.1) is 0 Å². The number of rotatable bonds is 10. The van der Waals surface area contributed by atoms with Gasteiger partial charge >= 0.3 is 11.9 Å². The van der Waals surface area contributed by atoms with E-state index in [-0.39, 0.29) is 31.5 Å². The number of carbonyl (C=O) groups excluding carboxylic acids is 2. The lowest BCUT2D eigenvalue weighted by atomic mass is 10.1. The highest BCUT2D eigenvalue weighted by Gasteiger charge is 2.12. The van der Waals surface area contributed by atoms with Crippen LogP contribution in [-0.4, -0.2) is 18.0 Å². The van der Waals surface area contributed by atoms with E-state index in [9.17, 15) is 9.59 Å². The molecule has 5 heteroatoms. The first-order valence-electron chi connectivity index (χ1n) is 8.10. The van der Waals surface area contributed by atoms with Crippen LogP contribution in [0.3, 0.4) is 0 Å². The third kappa shape index (κ3) is 9.24. The zero-order chi connectivity index (χ0) is 17.1. The smallest absolute Gasteiger partial charge is 0.306 e. The van der Waals surface area contributed by atoms with Gasteiger partial charge in [-0.1, -0.05) is 43.5 Å². The fourth-order valence-electron chi connectivity index (χ4n) is 2.04. The molecule has 0 aliphatic carbocycles. The molecule has 1 rings (SSSR count). The van der Waals surface area contributed by atoms with E-state index in [2.05, 4.69) is 6.92 Å². The Morgan fingerprint density at radius 2 is 1.74 bits per heavy atom. The molecule has 0 heterocycles. The van der Waals surface area contributed by atoms with Gasteiger partial charge in [0.2, 0.25) is 0 Å². The van der Waals surface area contributed by atoms with Gasteiger partial charge in [0.15, 0.2) is 0 Å². The van der Waals surface area contributed by atoms with Crippen molar-refractivity contribution in [1.82, 2.24) is 0 Å². The Kier molecular flexibility index (Phi) is 9.37. The molecule has 1 aromatic rings. The normalized spacial score (nSPS) is 11.8. The molecule has 0 saturated heterocycles. The fraction of sp³-hybridized carbons (Fsp3) is 0.556. The minimum absolute atomic E-state index is 0.0358. The van der Waals surface area contributed by atoms with Crippen LogP contribution in [0.4, 0.5) is 0 Å². The predicted molar refractivity (Wildman–Crippen MR) is 90.2 cm³/mol. The molecule has 23 heavy (non-hydrogen) atoms. The molecule has 0 N–H and O–H groups in total. The van der Waals surface area contributed by atoms with Crippen molar-refractivity contribution in [2.75, 3.05) is 0 Å². The highest BCUT2D eigenvalue weighted by molar-refractivity contribution is 6.30. The van der Waals surface area contributed by atoms with E-state index in [1.54, 1.807) is 24.3 Å². The van der Waals surface area contributed by atoms with Crippen LogP contribution < -0.4 is 0 Å². The molecule has 128 valence electrons. The van der Waals surface area contributed by atoms with Gasteiger partial charge in [-0.3, -0.25) is 9.59 Å². The third-order valence-corrected chi connectivity index (χ3v) is 3.65. The van der Waals surface area contributed by atoms with Crippen LogP contribution in [0.2, 0.25) is 5.02 Å². The van der Waals surface area contributed by atoms with Gasteiger partial charge in [0.05, 0.1) is 18.9 Å². The lowest BCUT2D eigenvalue weighted by molar-refractivity contribution is -0.153. The average molecular weight is 341 g/mol. The summed E-state index contributed by atoms with van der Waals surface area (Å²) in [6, 6.07) is 7.06. The van der Waals surface area contributed by atoms with Crippen molar-refractivity contribution in [1.29, 1.82) is 0 Å². The lowest BCUT2D eigenvalue weighted by Crippen LogP contribution is -2.16. The second-order valence-corrected chi connectivity index (χ2v) is 6.02. The van der Waals surface area contributed by atoms with E-state index >= 15 is 0 Å². The van der Waals surface area contributed by atoms with Gasteiger partial charge in [0, 0.05) is 5.02 Å². The van der Waals surface area contributed by atoms with E-state index in [1.165, 1.54) is 0 Å². The maximum absolute atomic E-state index is 11.7. The highest BCUT2D eigenvalue weighted by atomic mass is 35.5. The van der Waals surface area contributed by atoms with Crippen molar-refractivity contribution in [3.63, 3.8) is 0 Å². The first kappa shape index (κ1) is 19.5. The molecule has 0 aliphatic rings. The van der Waals surface area contributed by atoms with Gasteiger partial charge in [0.1, 0.15) is 6.61 Å². The lowest BCUT2D eigenvalue weighted by Gasteiger charge is -2.12. The van der Waals surface area contributed by atoms with Crippen molar-refractivity contribution < 1.29 is 19.1 Å². The van der Waals surface area contributed by atoms with Crippen LogP contribution in [-0.2, 0) is 25.7 Å². The van der Waals surface area contributed by atoms with Gasteiger partial charge in [-0.15, -0.1) is 0 Å². The Labute approximate surface area is 143 Å². The third-order valence-electron chi connectivity index (χ3n) is 3.39. The Bertz CT molecular complexity index is 484. The average Bonchev–Trinajstić information content (AvgIpc) is 2.52. The summed E-state index contributed by atoms with van der Waals surface area (Å²) in [6.45, 7) is 4.19. The molecule has 1 aromatic carbocycles. The second kappa shape index (κ2) is 11.1. The summed E-state index contributed by atoms with van der Waals surface area (Å²) < 4.78 is 10.4. The molecule has 0 amide bonds.